The van der Waals surface area contributed by atoms with Gasteiger partial charge in [0.15, 0.2) is 0 Å². The van der Waals surface area contributed by atoms with Crippen LogP contribution in [0.5, 0.6) is 0 Å². The molecule has 0 aromatic rings. The van der Waals surface area contributed by atoms with Gasteiger partial charge in [0.2, 0.25) is 5.82 Å². The van der Waals surface area contributed by atoms with Crippen LogP contribution in [-0.2, 0) is 0 Å². The minimum atomic E-state index is 0.484. The molecule has 2 rings (SSSR count). The fraction of sp³-hybridized carbons (Fsp3) is 0.167. The van der Waals surface area contributed by atoms with Gasteiger partial charge in [-0.1, -0.05) is 0 Å². The smallest absolute Gasteiger partial charge is 0.154 e. The van der Waals surface area contributed by atoms with Gasteiger partial charge in [-0.15, -0.1) is 15.3 Å². The van der Waals surface area contributed by atoms with Crippen LogP contribution in [0.2, 0.25) is 0 Å². The van der Waals surface area contributed by atoms with E-state index >= 15 is 0 Å². The number of hydrogen-bond acceptors (Lipinski definition) is 5. The average Bonchev–Trinajstić information content (AvgIpc) is 2.38. The van der Waals surface area contributed by atoms with Gasteiger partial charge in [-0.2, -0.15) is 5.10 Å². The molecule has 5 nitrogen and oxygen atoms in total. The summed E-state index contributed by atoms with van der Waals surface area (Å²) < 4.78 is 0. The summed E-state index contributed by atoms with van der Waals surface area (Å²) in [6.45, 7) is 1.86. The van der Waals surface area contributed by atoms with Gasteiger partial charge in [-0.25, -0.2) is 0 Å². The zero-order valence-electron chi connectivity index (χ0n) is 5.89. The third-order valence-electron chi connectivity index (χ3n) is 1.31. The predicted octanol–water partition coefficient (Wildman–Crippen LogP) is 0.0748. The largest absolute Gasteiger partial charge is 0.225 e. The Morgan fingerprint density at radius 3 is 2.82 bits per heavy atom. The van der Waals surface area contributed by atoms with Crippen molar-refractivity contribution in [3.63, 3.8) is 0 Å². The van der Waals surface area contributed by atoms with Gasteiger partial charge in [-0.05, 0) is 24.3 Å². The van der Waals surface area contributed by atoms with Crippen LogP contribution in [0.1, 0.15) is 5.69 Å². The van der Waals surface area contributed by atoms with Crippen molar-refractivity contribution >= 4 is 0 Å². The van der Waals surface area contributed by atoms with Gasteiger partial charge in [0.1, 0.15) is 5.69 Å². The molecule has 0 N–H and O–H groups in total. The van der Waals surface area contributed by atoms with Crippen molar-refractivity contribution < 1.29 is 0 Å². The van der Waals surface area contributed by atoms with E-state index in [1.165, 1.54) is 0 Å². The quantitative estimate of drug-likeness (QED) is 0.527. The molecule has 0 bridgehead atoms. The van der Waals surface area contributed by atoms with Crippen LogP contribution in [0, 0.1) is 6.92 Å². The summed E-state index contributed by atoms with van der Waals surface area (Å²) in [7, 11) is 0. The zero-order valence-corrected chi connectivity index (χ0v) is 5.89. The van der Waals surface area contributed by atoms with Crippen molar-refractivity contribution in [3.8, 4) is 11.5 Å². The Labute approximate surface area is 62.8 Å². The highest BCUT2D eigenvalue weighted by molar-refractivity contribution is 5.46. The van der Waals surface area contributed by atoms with E-state index in [9.17, 15) is 0 Å². The molecule has 0 spiro atoms. The molecule has 0 amide bonds. The first-order valence-electron chi connectivity index (χ1n) is 3.16. The topological polar surface area (TPSA) is 64.5 Å². The highest BCUT2D eigenvalue weighted by Crippen LogP contribution is 2.07. The number of hydrogen-bond donors (Lipinski definition) is 0. The molecule has 54 valence electrons. The van der Waals surface area contributed by atoms with Crippen LogP contribution in [0.15, 0.2) is 12.1 Å². The highest BCUT2D eigenvalue weighted by atomic mass is 15.4. The van der Waals surface area contributed by atoms with Gasteiger partial charge in [0.05, 0.1) is 5.69 Å². The molecule has 2 aliphatic rings. The van der Waals surface area contributed by atoms with Crippen molar-refractivity contribution in [3.05, 3.63) is 17.8 Å². The fourth-order valence-corrected chi connectivity index (χ4v) is 0.747. The molecule has 2 heterocycles. The average molecular weight is 147 g/mol. The van der Waals surface area contributed by atoms with E-state index in [2.05, 4.69) is 25.6 Å². The van der Waals surface area contributed by atoms with Crippen LogP contribution in [-0.4, -0.2) is 25.6 Å². The number of rotatable bonds is 0. The Balaban J connectivity index is 2.71. The molecule has 0 fully saturated rings. The Bertz CT molecular complexity index is 316. The lowest BCUT2D eigenvalue weighted by molar-refractivity contribution is 0.922. The van der Waals surface area contributed by atoms with E-state index in [1.54, 1.807) is 6.07 Å². The number of aryl methyl sites for hydroxylation is 1. The normalized spacial score (nSPS) is 10.3. The summed E-state index contributed by atoms with van der Waals surface area (Å²) in [5, 5.41) is 18.5. The van der Waals surface area contributed by atoms with Crippen molar-refractivity contribution in [2.24, 2.45) is 0 Å². The molecule has 0 aromatic carbocycles. The van der Waals surface area contributed by atoms with E-state index in [0.717, 1.165) is 5.69 Å². The number of nitrogens with zero attached hydrogens (tertiary/aromatic N) is 5. The second-order valence-corrected chi connectivity index (χ2v) is 2.17. The first kappa shape index (κ1) is 6.09. The highest BCUT2D eigenvalue weighted by Gasteiger charge is 2.05. The van der Waals surface area contributed by atoms with Crippen LogP contribution in [0.25, 0.3) is 11.5 Å². The Kier molecular flexibility index (Phi) is 1.21. The summed E-state index contributed by atoms with van der Waals surface area (Å²) in [4.78, 5) is 0. The Hall–Kier alpha value is -1.65. The SMILES string of the molecule is Cc1ccc2nnnc-2nn1. The predicted molar refractivity (Wildman–Crippen MR) is 36.8 cm³/mol. The van der Waals surface area contributed by atoms with Crippen LogP contribution in [0.4, 0.5) is 0 Å². The van der Waals surface area contributed by atoms with Crippen molar-refractivity contribution in [2.75, 3.05) is 0 Å². The monoisotopic (exact) mass is 147 g/mol. The van der Waals surface area contributed by atoms with Gasteiger partial charge < -0.3 is 0 Å². The van der Waals surface area contributed by atoms with E-state index in [0.29, 0.717) is 11.5 Å². The van der Waals surface area contributed by atoms with Gasteiger partial charge in [0, 0.05) is 0 Å². The molecule has 0 radical (unpaired) electrons. The molecule has 0 aromatic heterocycles. The lowest BCUT2D eigenvalue weighted by Crippen LogP contribution is -1.81. The standard InChI is InChI=1S/C6H5N5/c1-4-2-3-5-6(9-7-4)10-11-8-5/h2-3H,1H3. The summed E-state index contributed by atoms with van der Waals surface area (Å²) in [6.07, 6.45) is 0. The lowest BCUT2D eigenvalue weighted by Gasteiger charge is -1.76. The maximum atomic E-state index is 3.85. The zero-order chi connectivity index (χ0) is 7.68. The molecular formula is C6H5N5. The molecular weight excluding hydrogens is 142 g/mol. The summed E-state index contributed by atoms with van der Waals surface area (Å²) >= 11 is 0. The summed E-state index contributed by atoms with van der Waals surface area (Å²) in [6, 6.07) is 3.62. The van der Waals surface area contributed by atoms with Crippen LogP contribution in [0.3, 0.4) is 0 Å². The minimum absolute atomic E-state index is 0.484. The van der Waals surface area contributed by atoms with Crippen molar-refractivity contribution in [1.29, 1.82) is 0 Å². The molecule has 0 atom stereocenters. The van der Waals surface area contributed by atoms with E-state index in [4.69, 9.17) is 0 Å². The number of fused-ring (bicyclic) bond motifs is 1. The first-order valence-corrected chi connectivity index (χ1v) is 3.16. The summed E-state index contributed by atoms with van der Waals surface area (Å²) in [5.74, 6) is 0.484. The maximum Gasteiger partial charge on any atom is 0.225 e. The maximum absolute atomic E-state index is 3.85. The molecule has 0 saturated heterocycles. The molecule has 0 aliphatic carbocycles. The lowest BCUT2D eigenvalue weighted by atomic mass is 10.4. The molecule has 11 heavy (non-hydrogen) atoms. The Morgan fingerprint density at radius 2 is 1.91 bits per heavy atom. The molecule has 0 saturated carbocycles. The molecule has 0 unspecified atom stereocenters. The third-order valence-corrected chi connectivity index (χ3v) is 1.31. The van der Waals surface area contributed by atoms with Gasteiger partial charge in [0.25, 0.3) is 0 Å². The molecule has 2 aliphatic heterocycles. The van der Waals surface area contributed by atoms with Crippen molar-refractivity contribution in [2.45, 2.75) is 6.92 Å². The van der Waals surface area contributed by atoms with Gasteiger partial charge in [-0.3, -0.25) is 0 Å². The third kappa shape index (κ3) is 1.000. The summed E-state index contributed by atoms with van der Waals surface area (Å²) in [5.41, 5.74) is 1.51. The second-order valence-electron chi connectivity index (χ2n) is 2.17. The Morgan fingerprint density at radius 1 is 1.00 bits per heavy atom. The molecule has 5 heteroatoms. The van der Waals surface area contributed by atoms with Crippen molar-refractivity contribution in [1.82, 2.24) is 25.6 Å². The van der Waals surface area contributed by atoms with E-state index < -0.39 is 0 Å². The van der Waals surface area contributed by atoms with E-state index in [1.807, 2.05) is 13.0 Å². The van der Waals surface area contributed by atoms with Gasteiger partial charge >= 0.3 is 0 Å². The fourth-order valence-electron chi connectivity index (χ4n) is 0.747. The minimum Gasteiger partial charge on any atom is -0.154 e. The first-order chi connectivity index (χ1) is 5.36. The number of aromatic nitrogens is 5. The van der Waals surface area contributed by atoms with E-state index in [-0.39, 0.29) is 0 Å². The van der Waals surface area contributed by atoms with Crippen LogP contribution >= 0.6 is 0 Å². The second kappa shape index (κ2) is 2.19. The van der Waals surface area contributed by atoms with Crippen LogP contribution < -0.4 is 0 Å².